The smallest absolute Gasteiger partial charge is 0.322 e. The van der Waals surface area contributed by atoms with Gasteiger partial charge in [-0.1, -0.05) is 25.1 Å². The fraction of sp³-hybridized carbons (Fsp3) is 0.389. The number of H-pyrrole nitrogens is 1. The Labute approximate surface area is 154 Å². The SMILES string of the molecule is CC1CCC2(CC1)NC(=O)N(NC(=O)c1n[nH]c(=O)c3ccccc13)C2=O. The number of benzene rings is 1. The molecule has 4 rings (SSSR count). The minimum atomic E-state index is -0.947. The van der Waals surface area contributed by atoms with Gasteiger partial charge in [-0.25, -0.2) is 9.89 Å². The number of amides is 4. The molecule has 0 unspecified atom stereocenters. The summed E-state index contributed by atoms with van der Waals surface area (Å²) in [6, 6.07) is 5.84. The van der Waals surface area contributed by atoms with E-state index < -0.39 is 28.9 Å². The van der Waals surface area contributed by atoms with Gasteiger partial charge in [0.15, 0.2) is 5.69 Å². The van der Waals surface area contributed by atoms with Gasteiger partial charge in [-0.2, -0.15) is 10.1 Å². The second-order valence-corrected chi connectivity index (χ2v) is 7.22. The Morgan fingerprint density at radius 3 is 2.56 bits per heavy atom. The molecule has 1 aliphatic carbocycles. The highest BCUT2D eigenvalue weighted by Gasteiger charge is 2.53. The summed E-state index contributed by atoms with van der Waals surface area (Å²) in [7, 11) is 0. The summed E-state index contributed by atoms with van der Waals surface area (Å²) in [5, 5.41) is 10.2. The highest BCUT2D eigenvalue weighted by atomic mass is 16.2. The average Bonchev–Trinajstić information content (AvgIpc) is 2.89. The summed E-state index contributed by atoms with van der Waals surface area (Å²) in [5.41, 5.74) is 0.901. The number of aromatic amines is 1. The zero-order valence-corrected chi connectivity index (χ0v) is 14.7. The molecular weight excluding hydrogens is 350 g/mol. The van der Waals surface area contributed by atoms with E-state index in [1.54, 1.807) is 24.3 Å². The van der Waals surface area contributed by atoms with Gasteiger partial charge in [-0.3, -0.25) is 19.8 Å². The van der Waals surface area contributed by atoms with Crippen LogP contribution in [0.2, 0.25) is 0 Å². The molecular formula is C18H19N5O4. The number of hydrogen-bond donors (Lipinski definition) is 3. The van der Waals surface area contributed by atoms with Crippen LogP contribution in [0.3, 0.4) is 0 Å². The molecule has 9 nitrogen and oxygen atoms in total. The molecule has 1 saturated carbocycles. The summed E-state index contributed by atoms with van der Waals surface area (Å²) >= 11 is 0. The largest absolute Gasteiger partial charge is 0.344 e. The third kappa shape index (κ3) is 2.75. The van der Waals surface area contributed by atoms with Gasteiger partial charge in [0.05, 0.1) is 5.39 Å². The Morgan fingerprint density at radius 2 is 1.85 bits per heavy atom. The number of urea groups is 1. The van der Waals surface area contributed by atoms with E-state index in [0.717, 1.165) is 17.9 Å². The van der Waals surface area contributed by atoms with Crippen LogP contribution in [-0.4, -0.2) is 38.6 Å². The molecule has 1 aromatic heterocycles. The van der Waals surface area contributed by atoms with Gasteiger partial charge >= 0.3 is 6.03 Å². The fourth-order valence-electron chi connectivity index (χ4n) is 3.76. The van der Waals surface area contributed by atoms with E-state index >= 15 is 0 Å². The first-order valence-corrected chi connectivity index (χ1v) is 8.86. The Hall–Kier alpha value is -3.23. The molecule has 2 heterocycles. The number of nitrogens with zero attached hydrogens (tertiary/aromatic N) is 2. The second kappa shape index (κ2) is 6.19. The minimum absolute atomic E-state index is 0.0657. The molecule has 27 heavy (non-hydrogen) atoms. The number of hydrogen-bond acceptors (Lipinski definition) is 5. The highest BCUT2D eigenvalue weighted by Crippen LogP contribution is 2.35. The first kappa shape index (κ1) is 17.2. The Kier molecular flexibility index (Phi) is 3.94. The van der Waals surface area contributed by atoms with Crippen LogP contribution in [-0.2, 0) is 4.79 Å². The van der Waals surface area contributed by atoms with Gasteiger partial charge in [-0.15, -0.1) is 0 Å². The number of aromatic nitrogens is 2. The second-order valence-electron chi connectivity index (χ2n) is 7.22. The van der Waals surface area contributed by atoms with Crippen molar-refractivity contribution in [1.29, 1.82) is 0 Å². The maximum Gasteiger partial charge on any atom is 0.344 e. The van der Waals surface area contributed by atoms with Crippen molar-refractivity contribution in [3.63, 3.8) is 0 Å². The van der Waals surface area contributed by atoms with Crippen LogP contribution in [0.5, 0.6) is 0 Å². The van der Waals surface area contributed by atoms with E-state index in [1.165, 1.54) is 0 Å². The lowest BCUT2D eigenvalue weighted by molar-refractivity contribution is -0.134. The zero-order chi connectivity index (χ0) is 19.2. The molecule has 0 atom stereocenters. The van der Waals surface area contributed by atoms with Crippen molar-refractivity contribution in [2.45, 2.75) is 38.1 Å². The van der Waals surface area contributed by atoms with Crippen molar-refractivity contribution < 1.29 is 14.4 Å². The van der Waals surface area contributed by atoms with Crippen molar-refractivity contribution >= 4 is 28.6 Å². The lowest BCUT2D eigenvalue weighted by atomic mass is 9.77. The number of fused-ring (bicyclic) bond motifs is 1. The van der Waals surface area contributed by atoms with Gasteiger partial charge in [0, 0.05) is 5.39 Å². The zero-order valence-electron chi connectivity index (χ0n) is 14.7. The third-order valence-corrected chi connectivity index (χ3v) is 5.41. The normalized spacial score (nSPS) is 25.1. The van der Waals surface area contributed by atoms with Crippen LogP contribution >= 0.6 is 0 Å². The number of carbonyl (C=O) groups excluding carboxylic acids is 3. The van der Waals surface area contributed by atoms with Crippen molar-refractivity contribution in [2.24, 2.45) is 5.92 Å². The first-order chi connectivity index (χ1) is 12.9. The van der Waals surface area contributed by atoms with E-state index in [-0.39, 0.29) is 5.69 Å². The molecule has 3 N–H and O–H groups in total. The first-order valence-electron chi connectivity index (χ1n) is 8.86. The van der Waals surface area contributed by atoms with Gasteiger partial charge in [0.2, 0.25) is 0 Å². The van der Waals surface area contributed by atoms with Crippen LogP contribution in [0, 0.1) is 5.92 Å². The van der Waals surface area contributed by atoms with Crippen molar-refractivity contribution in [1.82, 2.24) is 25.9 Å². The predicted octanol–water partition coefficient (Wildman–Crippen LogP) is 1.07. The van der Waals surface area contributed by atoms with E-state index in [4.69, 9.17) is 0 Å². The molecule has 1 saturated heterocycles. The number of carbonyl (C=O) groups is 3. The summed E-state index contributed by atoms with van der Waals surface area (Å²) in [4.78, 5) is 49.7. The lowest BCUT2D eigenvalue weighted by Gasteiger charge is -2.33. The van der Waals surface area contributed by atoms with E-state index in [0.29, 0.717) is 29.5 Å². The molecule has 1 aliphatic heterocycles. The van der Waals surface area contributed by atoms with Gasteiger partial charge in [-0.05, 0) is 37.7 Å². The van der Waals surface area contributed by atoms with Crippen LogP contribution in [0.15, 0.2) is 29.1 Å². The molecule has 2 fully saturated rings. The van der Waals surface area contributed by atoms with Crippen molar-refractivity contribution in [2.75, 3.05) is 0 Å². The van der Waals surface area contributed by atoms with Crippen LogP contribution in [0.25, 0.3) is 10.8 Å². The van der Waals surface area contributed by atoms with Gasteiger partial charge < -0.3 is 5.32 Å². The third-order valence-electron chi connectivity index (χ3n) is 5.41. The maximum absolute atomic E-state index is 12.8. The van der Waals surface area contributed by atoms with Crippen LogP contribution in [0.1, 0.15) is 43.1 Å². The number of nitrogens with one attached hydrogen (secondary N) is 3. The molecule has 0 radical (unpaired) electrons. The quantitative estimate of drug-likeness (QED) is 0.683. The van der Waals surface area contributed by atoms with E-state index in [9.17, 15) is 19.2 Å². The molecule has 4 amide bonds. The van der Waals surface area contributed by atoms with E-state index in [1.807, 2.05) is 0 Å². The summed E-state index contributed by atoms with van der Waals surface area (Å²) < 4.78 is 0. The van der Waals surface area contributed by atoms with Crippen LogP contribution < -0.4 is 16.3 Å². The van der Waals surface area contributed by atoms with Gasteiger partial charge in [0.1, 0.15) is 5.54 Å². The lowest BCUT2D eigenvalue weighted by Crippen LogP contribution is -2.51. The summed E-state index contributed by atoms with van der Waals surface area (Å²) in [6.45, 7) is 2.11. The Bertz CT molecular complexity index is 1010. The molecule has 1 aromatic carbocycles. The molecule has 1 spiro atoms. The standard InChI is InChI=1S/C18H19N5O4/c1-10-6-8-18(9-7-10)16(26)23(17(27)19-18)22-15(25)13-11-4-2-3-5-12(11)14(24)21-20-13/h2-5,10H,6-9H2,1H3,(H,19,27)(H,21,24)(H,22,25). The topological polar surface area (TPSA) is 124 Å². The molecule has 0 bridgehead atoms. The molecule has 140 valence electrons. The monoisotopic (exact) mass is 369 g/mol. The van der Waals surface area contributed by atoms with Crippen molar-refractivity contribution in [3.05, 3.63) is 40.3 Å². The predicted molar refractivity (Wildman–Crippen MR) is 95.6 cm³/mol. The maximum atomic E-state index is 12.8. The average molecular weight is 369 g/mol. The van der Waals surface area contributed by atoms with Crippen LogP contribution in [0.4, 0.5) is 4.79 Å². The highest BCUT2D eigenvalue weighted by molar-refractivity contribution is 6.11. The fourth-order valence-corrected chi connectivity index (χ4v) is 3.76. The summed E-state index contributed by atoms with van der Waals surface area (Å²) in [6.07, 6.45) is 2.76. The molecule has 9 heteroatoms. The number of imide groups is 1. The van der Waals surface area contributed by atoms with E-state index in [2.05, 4.69) is 27.9 Å². The van der Waals surface area contributed by atoms with Gasteiger partial charge in [0.25, 0.3) is 17.4 Å². The minimum Gasteiger partial charge on any atom is -0.322 e. The molecule has 2 aromatic rings. The Balaban J connectivity index is 1.61. The number of hydrazine groups is 1. The molecule has 2 aliphatic rings. The number of rotatable bonds is 2. The summed E-state index contributed by atoms with van der Waals surface area (Å²) in [5.74, 6) is -0.700. The van der Waals surface area contributed by atoms with Crippen molar-refractivity contribution in [3.8, 4) is 0 Å². The Morgan fingerprint density at radius 1 is 1.19 bits per heavy atom.